The minimum absolute atomic E-state index is 0. The second-order valence-corrected chi connectivity index (χ2v) is 10.3. The Morgan fingerprint density at radius 3 is 1.15 bits per heavy atom. The topological polar surface area (TPSA) is 185 Å². The van der Waals surface area contributed by atoms with Crippen molar-refractivity contribution in [1.82, 2.24) is 0 Å². The zero-order valence-corrected chi connectivity index (χ0v) is 22.4. The van der Waals surface area contributed by atoms with Crippen molar-refractivity contribution in [2.24, 2.45) is 9.98 Å². The number of aliphatic imine (C=N–C) groups is 2. The molecule has 0 aliphatic carbocycles. The van der Waals surface area contributed by atoms with Crippen LogP contribution in [-0.2, 0) is 37.0 Å². The van der Waals surface area contributed by atoms with E-state index in [0.29, 0.717) is 11.4 Å². The van der Waals surface area contributed by atoms with Gasteiger partial charge in [-0.25, -0.2) is 16.8 Å². The molecular formula is C26H18CoN2O8S2-2. The predicted molar refractivity (Wildman–Crippen MR) is 135 cm³/mol. The summed E-state index contributed by atoms with van der Waals surface area (Å²) >= 11 is 0. The molecule has 0 fully saturated rings. The minimum atomic E-state index is -4.60. The Hall–Kier alpha value is -3.85. The molecule has 0 heterocycles. The van der Waals surface area contributed by atoms with Crippen LogP contribution in [0.4, 0.5) is 11.4 Å². The zero-order valence-electron chi connectivity index (χ0n) is 19.7. The third-order valence-corrected chi connectivity index (χ3v) is 6.43. The Morgan fingerprint density at radius 1 is 0.538 bits per heavy atom. The first-order valence-electron chi connectivity index (χ1n) is 10.7. The third-order valence-electron chi connectivity index (χ3n) is 4.77. The summed E-state index contributed by atoms with van der Waals surface area (Å²) in [6.45, 7) is 0. The molecule has 0 bridgehead atoms. The van der Waals surface area contributed by atoms with Gasteiger partial charge in [-0.1, -0.05) is 72.2 Å². The summed E-state index contributed by atoms with van der Waals surface area (Å²) in [7, 11) is -9.21. The number of hydrogen-bond acceptors (Lipinski definition) is 10. The Labute approximate surface area is 235 Å². The largest absolute Gasteiger partial charge is 2.00 e. The zero-order chi connectivity index (χ0) is 27.8. The molecule has 0 atom stereocenters. The van der Waals surface area contributed by atoms with E-state index in [-0.39, 0.29) is 27.9 Å². The van der Waals surface area contributed by atoms with Crippen molar-refractivity contribution in [1.29, 1.82) is 0 Å². The molecule has 0 N–H and O–H groups in total. The summed E-state index contributed by atoms with van der Waals surface area (Å²) in [5.74, 6) is -1.12. The van der Waals surface area contributed by atoms with Gasteiger partial charge in [0.1, 0.15) is 20.2 Å². The Morgan fingerprint density at radius 2 is 0.872 bits per heavy atom. The van der Waals surface area contributed by atoms with E-state index in [0.717, 1.165) is 24.3 Å². The van der Waals surface area contributed by atoms with Crippen LogP contribution in [0.15, 0.2) is 117 Å². The van der Waals surface area contributed by atoms with Gasteiger partial charge in [0.15, 0.2) is 0 Å². The van der Waals surface area contributed by atoms with Gasteiger partial charge in [0.05, 0.1) is 21.2 Å². The van der Waals surface area contributed by atoms with E-state index < -0.39 is 41.5 Å². The predicted octanol–water partition coefficient (Wildman–Crippen LogP) is 2.83. The van der Waals surface area contributed by atoms with Crippen LogP contribution in [-0.4, -0.2) is 38.4 Å². The van der Waals surface area contributed by atoms with E-state index >= 15 is 0 Å². The van der Waals surface area contributed by atoms with Crippen LogP contribution in [0.1, 0.15) is 11.1 Å². The van der Waals surface area contributed by atoms with Crippen molar-refractivity contribution in [3.05, 3.63) is 108 Å². The normalized spacial score (nSPS) is 11.5. The van der Waals surface area contributed by atoms with Crippen molar-refractivity contribution in [2.75, 3.05) is 0 Å². The van der Waals surface area contributed by atoms with E-state index in [1.54, 1.807) is 48.5 Å². The molecule has 0 amide bonds. The van der Waals surface area contributed by atoms with E-state index in [2.05, 4.69) is 9.98 Å². The smallest absolute Gasteiger partial charge is 0.872 e. The van der Waals surface area contributed by atoms with Gasteiger partial charge in [0, 0.05) is 12.4 Å². The fraction of sp³-hybridized carbons (Fsp3) is 0. The Balaban J connectivity index is 0.000000267. The van der Waals surface area contributed by atoms with Gasteiger partial charge in [-0.05, 0) is 47.5 Å². The van der Waals surface area contributed by atoms with Gasteiger partial charge in [0.25, 0.3) is 0 Å². The summed E-state index contributed by atoms with van der Waals surface area (Å²) in [4.78, 5) is 7.09. The van der Waals surface area contributed by atoms with E-state index in [1.807, 2.05) is 12.1 Å². The van der Waals surface area contributed by atoms with Crippen LogP contribution in [0.5, 0.6) is 11.5 Å². The summed E-state index contributed by atoms with van der Waals surface area (Å²) in [5, 5.41) is 23.2. The van der Waals surface area contributed by atoms with Crippen LogP contribution in [0, 0.1) is 0 Å². The molecule has 0 spiro atoms. The van der Waals surface area contributed by atoms with Gasteiger partial charge >= 0.3 is 16.8 Å². The average molecular weight is 610 g/mol. The van der Waals surface area contributed by atoms with Crippen molar-refractivity contribution >= 4 is 44.0 Å². The van der Waals surface area contributed by atoms with Gasteiger partial charge in [-0.15, -0.1) is 0 Å². The fourth-order valence-corrected chi connectivity index (χ4v) is 3.84. The van der Waals surface area contributed by atoms with Gasteiger partial charge in [-0.3, -0.25) is 9.98 Å². The maximum absolute atomic E-state index is 11.6. The first kappa shape index (κ1) is 31.4. The summed E-state index contributed by atoms with van der Waals surface area (Å²) in [6, 6.07) is 24.3. The quantitative estimate of drug-likeness (QED) is 0.236. The molecule has 0 unspecified atom stereocenters. The van der Waals surface area contributed by atoms with Crippen molar-refractivity contribution < 1.29 is 52.9 Å². The molecule has 0 aromatic heterocycles. The Bertz CT molecular complexity index is 1550. The molecule has 0 saturated heterocycles. The molecule has 203 valence electrons. The van der Waals surface area contributed by atoms with E-state index in [4.69, 9.17) is 0 Å². The average Bonchev–Trinajstić information content (AvgIpc) is 2.88. The number of rotatable bonds is 6. The molecule has 10 nitrogen and oxygen atoms in total. The van der Waals surface area contributed by atoms with Crippen molar-refractivity contribution in [3.8, 4) is 11.5 Å². The third kappa shape index (κ3) is 9.75. The molecule has 13 heteroatoms. The van der Waals surface area contributed by atoms with Crippen LogP contribution in [0.3, 0.4) is 0 Å². The number of hydrogen-bond donors (Lipinski definition) is 0. The van der Waals surface area contributed by atoms with Gasteiger partial charge in [-0.2, -0.15) is 0 Å². The first-order valence-corrected chi connectivity index (χ1v) is 13.5. The number of benzene rings is 4. The van der Waals surface area contributed by atoms with Crippen molar-refractivity contribution in [3.63, 3.8) is 0 Å². The summed E-state index contributed by atoms with van der Waals surface area (Å²) in [5.41, 5.74) is 1.78. The number of nitrogens with zero attached hydrogens (tertiary/aromatic N) is 2. The van der Waals surface area contributed by atoms with Crippen LogP contribution in [0.25, 0.3) is 0 Å². The second kappa shape index (κ2) is 13.8. The van der Waals surface area contributed by atoms with Crippen LogP contribution in [0.2, 0.25) is 0 Å². The molecule has 4 aromatic rings. The van der Waals surface area contributed by atoms with Gasteiger partial charge < -0.3 is 19.3 Å². The molecular weight excluding hydrogens is 591 g/mol. The van der Waals surface area contributed by atoms with Gasteiger partial charge in [0.2, 0.25) is 0 Å². The maximum Gasteiger partial charge on any atom is 2.00 e. The summed E-state index contributed by atoms with van der Waals surface area (Å²) in [6.07, 6.45) is 2.66. The summed E-state index contributed by atoms with van der Waals surface area (Å²) < 4.78 is 64.5. The minimum Gasteiger partial charge on any atom is -0.872 e. The fourth-order valence-electron chi connectivity index (χ4n) is 2.87. The van der Waals surface area contributed by atoms with Crippen molar-refractivity contribution in [2.45, 2.75) is 9.79 Å². The molecule has 0 saturated carbocycles. The van der Waals surface area contributed by atoms with Crippen LogP contribution < -0.4 is 10.2 Å². The molecule has 4 rings (SSSR count). The Kier molecular flexibility index (Phi) is 11.1. The molecule has 39 heavy (non-hydrogen) atoms. The molecule has 4 aromatic carbocycles. The molecule has 0 aliphatic heterocycles. The first-order chi connectivity index (χ1) is 17.9. The molecule has 1 radical (unpaired) electrons. The van der Waals surface area contributed by atoms with E-state index in [1.165, 1.54) is 24.6 Å². The SMILES string of the molecule is O=S(=O)([O-])c1ccc(C=Nc2ccccc2)c([O-])c1.O=S(=O)([O-])c1ccc(C=Nc2ccccc2)c([O-])c1.[Co+2]. The number of para-hydroxylation sites is 2. The van der Waals surface area contributed by atoms with Crippen LogP contribution >= 0.6 is 0 Å². The maximum atomic E-state index is 11.6. The standard InChI is InChI=1S/2C13H11NO4S.Co/c2*15-13-8-12(19(16,17)18)7-6-10(13)9-14-11-4-2-1-3-5-11;/h2*1-9,15H,(H,16,17,18);/q;;+2/p-4. The van der Waals surface area contributed by atoms with E-state index in [9.17, 15) is 36.2 Å². The second-order valence-electron chi connectivity index (χ2n) is 7.50. The molecule has 0 aliphatic rings. The monoisotopic (exact) mass is 609 g/mol.